The van der Waals surface area contributed by atoms with Crippen LogP contribution in [0, 0.1) is 13.8 Å². The number of benzene rings is 2. The normalized spacial score (nSPS) is 11.4. The number of nitrogens with zero attached hydrogens (tertiary/aromatic N) is 3. The number of anilines is 1. The first-order valence-corrected chi connectivity index (χ1v) is 12.6. The van der Waals surface area contributed by atoms with Gasteiger partial charge < -0.3 is 14.6 Å². The van der Waals surface area contributed by atoms with Gasteiger partial charge in [0, 0.05) is 18.1 Å². The molecule has 0 saturated heterocycles. The van der Waals surface area contributed by atoms with Crippen LogP contribution in [0.4, 0.5) is 5.69 Å². The van der Waals surface area contributed by atoms with E-state index in [0.717, 1.165) is 22.9 Å². The molecule has 0 aliphatic heterocycles. The highest BCUT2D eigenvalue weighted by Crippen LogP contribution is 2.31. The molecule has 1 N–H and O–H groups in total. The van der Waals surface area contributed by atoms with Crippen molar-refractivity contribution in [2.24, 2.45) is 7.05 Å². The summed E-state index contributed by atoms with van der Waals surface area (Å²) in [4.78, 5) is 12.7. The summed E-state index contributed by atoms with van der Waals surface area (Å²) in [6, 6.07) is 10.0. The molecule has 0 atom stereocenters. The van der Waals surface area contributed by atoms with E-state index in [-0.39, 0.29) is 22.3 Å². The zero-order valence-electron chi connectivity index (χ0n) is 18.0. The van der Waals surface area contributed by atoms with Crippen molar-refractivity contribution in [1.82, 2.24) is 14.8 Å². The molecule has 0 fully saturated rings. The van der Waals surface area contributed by atoms with Gasteiger partial charge in [-0.15, -0.1) is 10.2 Å². The van der Waals surface area contributed by atoms with E-state index in [1.807, 2.05) is 13.8 Å². The summed E-state index contributed by atoms with van der Waals surface area (Å²) in [6.07, 6.45) is 0. The summed E-state index contributed by atoms with van der Waals surface area (Å²) < 4.78 is 32.2. The average molecular weight is 495 g/mol. The van der Waals surface area contributed by atoms with Gasteiger partial charge in [0.25, 0.3) is 0 Å². The molecule has 0 unspecified atom stereocenters. The first-order valence-electron chi connectivity index (χ1n) is 9.55. The Morgan fingerprint density at radius 3 is 2.53 bits per heavy atom. The summed E-state index contributed by atoms with van der Waals surface area (Å²) in [5.74, 6) is 0.256. The summed E-state index contributed by atoms with van der Waals surface area (Å²) >= 11 is 7.25. The van der Waals surface area contributed by atoms with E-state index in [1.165, 1.54) is 7.11 Å². The number of methoxy groups -OCH3 is 1. The third-order valence-corrected chi connectivity index (χ3v) is 7.77. The highest BCUT2D eigenvalue weighted by atomic mass is 35.5. The number of ether oxygens (including phenoxy) is 1. The maximum absolute atomic E-state index is 12.7. The Morgan fingerprint density at radius 1 is 1.19 bits per heavy atom. The van der Waals surface area contributed by atoms with Gasteiger partial charge in [-0.2, -0.15) is 0 Å². The lowest BCUT2D eigenvalue weighted by Crippen LogP contribution is -2.15. The molecule has 0 spiro atoms. The van der Waals surface area contributed by atoms with Crippen molar-refractivity contribution in [2.45, 2.75) is 29.7 Å². The fraction of sp³-hybridized carbons (Fsp3) is 0.286. The van der Waals surface area contributed by atoms with Crippen LogP contribution < -0.4 is 10.1 Å². The lowest BCUT2D eigenvalue weighted by molar-refractivity contribution is -0.113. The number of halogens is 1. The Balaban J connectivity index is 1.66. The van der Waals surface area contributed by atoms with Crippen molar-refractivity contribution in [3.8, 4) is 5.75 Å². The molecule has 3 aromatic rings. The minimum atomic E-state index is -3.56. The quantitative estimate of drug-likeness (QED) is 0.475. The maximum atomic E-state index is 12.7. The Kier molecular flexibility index (Phi) is 7.47. The molecule has 8 nitrogen and oxygen atoms in total. The summed E-state index contributed by atoms with van der Waals surface area (Å²) in [6.45, 7) is 3.72. The van der Waals surface area contributed by atoms with Gasteiger partial charge in [0.1, 0.15) is 17.3 Å². The van der Waals surface area contributed by atoms with Crippen LogP contribution >= 0.6 is 23.4 Å². The van der Waals surface area contributed by atoms with Crippen LogP contribution in [-0.4, -0.2) is 42.0 Å². The fourth-order valence-electron chi connectivity index (χ4n) is 2.84. The number of nitrogens with one attached hydrogen (secondary N) is 1. The largest absolute Gasteiger partial charge is 0.495 e. The molecule has 170 valence electrons. The number of aryl methyl sites for hydroxylation is 2. The van der Waals surface area contributed by atoms with Gasteiger partial charge in [0.15, 0.2) is 15.0 Å². The minimum Gasteiger partial charge on any atom is -0.495 e. The van der Waals surface area contributed by atoms with E-state index >= 15 is 0 Å². The summed E-state index contributed by atoms with van der Waals surface area (Å²) in [7, 11) is -0.394. The van der Waals surface area contributed by atoms with Crippen molar-refractivity contribution in [1.29, 1.82) is 0 Å². The van der Waals surface area contributed by atoms with E-state index in [4.69, 9.17) is 16.3 Å². The number of amides is 1. The van der Waals surface area contributed by atoms with Crippen LogP contribution in [0.25, 0.3) is 0 Å². The molecular formula is C21H23ClN4O4S2. The first-order chi connectivity index (χ1) is 15.1. The zero-order chi connectivity index (χ0) is 23.5. The minimum absolute atomic E-state index is 0.0571. The van der Waals surface area contributed by atoms with Crippen LogP contribution in [0.15, 0.2) is 46.5 Å². The van der Waals surface area contributed by atoms with Gasteiger partial charge in [-0.3, -0.25) is 4.79 Å². The number of sulfone groups is 1. The molecule has 0 aliphatic rings. The molecule has 0 aliphatic carbocycles. The van der Waals surface area contributed by atoms with Crippen LogP contribution in [0.2, 0.25) is 5.02 Å². The third-order valence-electron chi connectivity index (χ3n) is 4.71. The van der Waals surface area contributed by atoms with Crippen molar-refractivity contribution in [2.75, 3.05) is 18.2 Å². The Hall–Kier alpha value is -2.56. The number of hydrogen-bond donors (Lipinski definition) is 1. The third kappa shape index (κ3) is 5.62. The van der Waals surface area contributed by atoms with Gasteiger partial charge in [-0.1, -0.05) is 41.1 Å². The Morgan fingerprint density at radius 2 is 1.88 bits per heavy atom. The predicted octanol–water partition coefficient (Wildman–Crippen LogP) is 3.80. The highest BCUT2D eigenvalue weighted by molar-refractivity contribution is 7.99. The topological polar surface area (TPSA) is 103 Å². The summed E-state index contributed by atoms with van der Waals surface area (Å²) in [5, 5.41) is 11.8. The number of rotatable bonds is 8. The van der Waals surface area contributed by atoms with Crippen LogP contribution in [0.3, 0.4) is 0 Å². The van der Waals surface area contributed by atoms with Gasteiger partial charge in [0.2, 0.25) is 5.91 Å². The number of aromatic nitrogens is 3. The van der Waals surface area contributed by atoms with Crippen molar-refractivity contribution in [3.63, 3.8) is 0 Å². The van der Waals surface area contributed by atoms with E-state index in [0.29, 0.717) is 27.4 Å². The molecule has 0 radical (unpaired) electrons. The smallest absolute Gasteiger partial charge is 0.234 e. The SMILES string of the molecule is COc1cc(Cl)c(C)cc1NC(=O)CSc1nnc(CS(=O)(=O)c2ccc(C)cc2)n1C. The monoisotopic (exact) mass is 494 g/mol. The second kappa shape index (κ2) is 9.93. The van der Waals surface area contributed by atoms with Crippen molar-refractivity contribution in [3.05, 3.63) is 58.4 Å². The lowest BCUT2D eigenvalue weighted by atomic mass is 10.2. The molecule has 32 heavy (non-hydrogen) atoms. The second-order valence-electron chi connectivity index (χ2n) is 7.17. The Bertz CT molecular complexity index is 1240. The number of carbonyl (C=O) groups is 1. The van der Waals surface area contributed by atoms with E-state index in [2.05, 4.69) is 15.5 Å². The van der Waals surface area contributed by atoms with E-state index in [1.54, 1.807) is 48.0 Å². The fourth-order valence-corrected chi connectivity index (χ4v) is 5.03. The molecule has 1 amide bonds. The summed E-state index contributed by atoms with van der Waals surface area (Å²) in [5.41, 5.74) is 2.30. The van der Waals surface area contributed by atoms with Gasteiger partial charge >= 0.3 is 0 Å². The van der Waals surface area contributed by atoms with Crippen LogP contribution in [0.5, 0.6) is 5.75 Å². The molecule has 1 aromatic heterocycles. The molecule has 2 aromatic carbocycles. The molecule has 1 heterocycles. The van der Waals surface area contributed by atoms with Crippen molar-refractivity contribution < 1.29 is 17.9 Å². The van der Waals surface area contributed by atoms with Gasteiger partial charge in [-0.05, 0) is 37.6 Å². The maximum Gasteiger partial charge on any atom is 0.234 e. The van der Waals surface area contributed by atoms with Gasteiger partial charge in [0.05, 0.1) is 23.4 Å². The molecule has 0 saturated carbocycles. The number of hydrogen-bond acceptors (Lipinski definition) is 7. The number of thioether (sulfide) groups is 1. The first kappa shape index (κ1) is 24.1. The van der Waals surface area contributed by atoms with Crippen LogP contribution in [-0.2, 0) is 27.4 Å². The average Bonchev–Trinajstić information content (AvgIpc) is 3.08. The van der Waals surface area contributed by atoms with E-state index in [9.17, 15) is 13.2 Å². The number of carbonyl (C=O) groups excluding carboxylic acids is 1. The van der Waals surface area contributed by atoms with Gasteiger partial charge in [-0.25, -0.2) is 8.42 Å². The lowest BCUT2D eigenvalue weighted by Gasteiger charge is -2.12. The molecule has 11 heteroatoms. The predicted molar refractivity (Wildman–Crippen MR) is 125 cm³/mol. The second-order valence-corrected chi connectivity index (χ2v) is 10.5. The molecule has 3 rings (SSSR count). The van der Waals surface area contributed by atoms with Crippen molar-refractivity contribution >= 4 is 44.8 Å². The van der Waals surface area contributed by atoms with Crippen LogP contribution in [0.1, 0.15) is 17.0 Å². The zero-order valence-corrected chi connectivity index (χ0v) is 20.4. The Labute approximate surface area is 196 Å². The standard InChI is InChI=1S/C21H23ClN4O4S2/c1-13-5-7-15(8-6-13)32(28,29)12-19-24-25-21(26(19)3)31-11-20(27)23-17-9-14(2)16(22)10-18(17)30-4/h5-10H,11-12H2,1-4H3,(H,23,27). The highest BCUT2D eigenvalue weighted by Gasteiger charge is 2.21. The molecular weight excluding hydrogens is 472 g/mol. The van der Waals surface area contributed by atoms with E-state index < -0.39 is 9.84 Å². The molecule has 0 bridgehead atoms.